The van der Waals surface area contributed by atoms with Crippen molar-refractivity contribution >= 4 is 34.9 Å². The summed E-state index contributed by atoms with van der Waals surface area (Å²) in [4.78, 5) is 24.8. The summed E-state index contributed by atoms with van der Waals surface area (Å²) in [5.41, 5.74) is 6.53. The van der Waals surface area contributed by atoms with Crippen molar-refractivity contribution in [1.82, 2.24) is 0 Å². The predicted molar refractivity (Wildman–Crippen MR) is 103 cm³/mol. The third-order valence-corrected chi connectivity index (χ3v) is 4.33. The molecule has 0 radical (unpaired) electrons. The number of ether oxygens (including phenoxy) is 4. The van der Waals surface area contributed by atoms with Crippen molar-refractivity contribution in [2.75, 3.05) is 31.4 Å². The van der Waals surface area contributed by atoms with Crippen LogP contribution in [0.4, 0.5) is 11.4 Å². The van der Waals surface area contributed by atoms with Crippen LogP contribution in [0.2, 0.25) is 5.02 Å². The van der Waals surface area contributed by atoms with Gasteiger partial charge in [0.25, 0.3) is 5.91 Å². The number of carbonyl (C=O) groups is 2. The lowest BCUT2D eigenvalue weighted by Gasteiger charge is -2.19. The molecule has 0 aromatic heterocycles. The number of fused-ring (bicyclic) bond motifs is 1. The molecule has 0 bridgehead atoms. The molecular formula is C19H19ClN2O6. The van der Waals surface area contributed by atoms with E-state index < -0.39 is 18.0 Å². The Balaban J connectivity index is 1.67. The quantitative estimate of drug-likeness (QED) is 0.580. The smallest absolute Gasteiger partial charge is 0.342 e. The maximum Gasteiger partial charge on any atom is 0.342 e. The van der Waals surface area contributed by atoms with Gasteiger partial charge in [-0.15, -0.1) is 0 Å². The van der Waals surface area contributed by atoms with E-state index in [9.17, 15) is 9.59 Å². The molecule has 3 rings (SSSR count). The molecule has 0 aliphatic carbocycles. The van der Waals surface area contributed by atoms with Crippen molar-refractivity contribution in [2.45, 2.75) is 13.0 Å². The van der Waals surface area contributed by atoms with E-state index in [-0.39, 0.29) is 22.0 Å². The van der Waals surface area contributed by atoms with Gasteiger partial charge in [-0.2, -0.15) is 0 Å². The second-order valence-corrected chi connectivity index (χ2v) is 6.38. The van der Waals surface area contributed by atoms with Crippen molar-refractivity contribution in [1.29, 1.82) is 0 Å². The number of methoxy groups -OCH3 is 1. The first-order valence-electron chi connectivity index (χ1n) is 8.43. The monoisotopic (exact) mass is 406 g/mol. The average molecular weight is 407 g/mol. The van der Waals surface area contributed by atoms with Crippen LogP contribution in [-0.2, 0) is 9.53 Å². The number of amides is 1. The van der Waals surface area contributed by atoms with E-state index in [1.54, 1.807) is 18.2 Å². The first-order chi connectivity index (χ1) is 13.4. The number of hydrogen-bond donors (Lipinski definition) is 2. The fourth-order valence-electron chi connectivity index (χ4n) is 2.54. The lowest BCUT2D eigenvalue weighted by molar-refractivity contribution is -0.123. The number of esters is 1. The number of anilines is 2. The van der Waals surface area contributed by atoms with Crippen LogP contribution in [0.3, 0.4) is 0 Å². The molecule has 1 aliphatic rings. The molecule has 148 valence electrons. The Morgan fingerprint density at radius 1 is 1.18 bits per heavy atom. The molecule has 0 spiro atoms. The molecule has 0 fully saturated rings. The van der Waals surface area contributed by atoms with E-state index in [1.807, 2.05) is 0 Å². The van der Waals surface area contributed by atoms with Gasteiger partial charge in [-0.3, -0.25) is 4.79 Å². The van der Waals surface area contributed by atoms with Crippen LogP contribution in [0.5, 0.6) is 17.2 Å². The Kier molecular flexibility index (Phi) is 5.79. The zero-order valence-electron chi connectivity index (χ0n) is 15.3. The van der Waals surface area contributed by atoms with E-state index in [0.29, 0.717) is 30.4 Å². The first-order valence-corrected chi connectivity index (χ1v) is 8.81. The summed E-state index contributed by atoms with van der Waals surface area (Å²) in [7, 11) is 1.39. The standard InChI is InChI=1S/C19H19ClN2O6/c1-10(28-19(24)12-8-13(20)14(21)9-16(12)25-2)18(23)22-11-3-4-15-17(7-11)27-6-5-26-15/h3-4,7-10H,5-6,21H2,1-2H3,(H,22,23). The third kappa shape index (κ3) is 4.23. The lowest BCUT2D eigenvalue weighted by atomic mass is 10.2. The SMILES string of the molecule is COc1cc(N)c(Cl)cc1C(=O)OC(C)C(=O)Nc1ccc2c(c1)OCCO2. The molecule has 0 saturated carbocycles. The molecule has 1 atom stereocenters. The molecular weight excluding hydrogens is 388 g/mol. The van der Waals surface area contributed by atoms with Crippen LogP contribution >= 0.6 is 11.6 Å². The average Bonchev–Trinajstić information content (AvgIpc) is 2.69. The minimum absolute atomic E-state index is 0.0701. The summed E-state index contributed by atoms with van der Waals surface area (Å²) < 4.78 is 21.3. The largest absolute Gasteiger partial charge is 0.496 e. The zero-order chi connectivity index (χ0) is 20.3. The summed E-state index contributed by atoms with van der Waals surface area (Å²) in [5, 5.41) is 2.85. The van der Waals surface area contributed by atoms with Gasteiger partial charge in [-0.25, -0.2) is 4.79 Å². The highest BCUT2D eigenvalue weighted by molar-refractivity contribution is 6.33. The van der Waals surface area contributed by atoms with E-state index in [4.69, 9.17) is 36.3 Å². The maximum absolute atomic E-state index is 12.4. The van der Waals surface area contributed by atoms with E-state index in [0.717, 1.165) is 0 Å². The van der Waals surface area contributed by atoms with Gasteiger partial charge in [-0.1, -0.05) is 11.6 Å². The third-order valence-electron chi connectivity index (χ3n) is 4.00. The van der Waals surface area contributed by atoms with Gasteiger partial charge < -0.3 is 30.0 Å². The van der Waals surface area contributed by atoms with Gasteiger partial charge in [0.1, 0.15) is 24.5 Å². The van der Waals surface area contributed by atoms with Crippen LogP contribution < -0.4 is 25.3 Å². The molecule has 8 nitrogen and oxygen atoms in total. The zero-order valence-corrected chi connectivity index (χ0v) is 16.0. The Labute approximate surface area is 166 Å². The molecule has 0 saturated heterocycles. The van der Waals surface area contributed by atoms with Crippen LogP contribution in [0.15, 0.2) is 30.3 Å². The second kappa shape index (κ2) is 8.26. The van der Waals surface area contributed by atoms with Gasteiger partial charge in [0.2, 0.25) is 0 Å². The number of nitrogens with one attached hydrogen (secondary N) is 1. The van der Waals surface area contributed by atoms with Crippen molar-refractivity contribution in [3.05, 3.63) is 40.9 Å². The molecule has 3 N–H and O–H groups in total. The van der Waals surface area contributed by atoms with Gasteiger partial charge in [-0.05, 0) is 25.1 Å². The molecule has 2 aromatic rings. The van der Waals surface area contributed by atoms with Crippen LogP contribution in [0.25, 0.3) is 0 Å². The molecule has 9 heteroatoms. The summed E-state index contributed by atoms with van der Waals surface area (Å²) >= 11 is 5.96. The minimum Gasteiger partial charge on any atom is -0.496 e. The highest BCUT2D eigenvalue weighted by atomic mass is 35.5. The van der Waals surface area contributed by atoms with Crippen LogP contribution in [-0.4, -0.2) is 38.3 Å². The summed E-state index contributed by atoms with van der Waals surface area (Å²) in [6, 6.07) is 7.76. The van der Waals surface area contributed by atoms with Crippen LogP contribution in [0.1, 0.15) is 17.3 Å². The maximum atomic E-state index is 12.4. The van der Waals surface area contributed by atoms with Gasteiger partial charge in [0.15, 0.2) is 17.6 Å². The number of nitrogens with two attached hydrogens (primary N) is 1. The van der Waals surface area contributed by atoms with Gasteiger partial charge >= 0.3 is 5.97 Å². The number of nitrogen functional groups attached to an aromatic ring is 1. The number of rotatable bonds is 5. The molecule has 1 unspecified atom stereocenters. The van der Waals surface area contributed by atoms with Crippen molar-refractivity contribution < 1.29 is 28.5 Å². The normalized spacial score (nSPS) is 13.4. The van der Waals surface area contributed by atoms with Gasteiger partial charge in [0, 0.05) is 17.8 Å². The summed E-state index contributed by atoms with van der Waals surface area (Å²) in [6.45, 7) is 2.37. The number of hydrogen-bond acceptors (Lipinski definition) is 7. The fourth-order valence-corrected chi connectivity index (χ4v) is 2.70. The topological polar surface area (TPSA) is 109 Å². The molecule has 1 aliphatic heterocycles. The fraction of sp³-hybridized carbons (Fsp3) is 0.263. The Hall–Kier alpha value is -3.13. The van der Waals surface area contributed by atoms with E-state index in [1.165, 1.54) is 26.2 Å². The second-order valence-electron chi connectivity index (χ2n) is 5.97. The van der Waals surface area contributed by atoms with E-state index >= 15 is 0 Å². The lowest BCUT2D eigenvalue weighted by Crippen LogP contribution is -2.30. The highest BCUT2D eigenvalue weighted by Crippen LogP contribution is 2.33. The highest BCUT2D eigenvalue weighted by Gasteiger charge is 2.23. The van der Waals surface area contributed by atoms with Crippen molar-refractivity contribution in [3.8, 4) is 17.2 Å². The van der Waals surface area contributed by atoms with Gasteiger partial charge in [0.05, 0.1) is 17.8 Å². The van der Waals surface area contributed by atoms with Crippen LogP contribution in [0, 0.1) is 0 Å². The number of carbonyl (C=O) groups excluding carboxylic acids is 2. The first kappa shape index (κ1) is 19.6. The van der Waals surface area contributed by atoms with Crippen molar-refractivity contribution in [2.24, 2.45) is 0 Å². The Bertz CT molecular complexity index is 918. The predicted octanol–water partition coefficient (Wildman–Crippen LogP) is 2.89. The Morgan fingerprint density at radius 3 is 2.61 bits per heavy atom. The molecule has 28 heavy (non-hydrogen) atoms. The molecule has 2 aromatic carbocycles. The van der Waals surface area contributed by atoms with Crippen molar-refractivity contribution in [3.63, 3.8) is 0 Å². The van der Waals surface area contributed by atoms with E-state index in [2.05, 4.69) is 5.32 Å². The molecule has 1 heterocycles. The summed E-state index contributed by atoms with van der Waals surface area (Å²) in [6.07, 6.45) is -1.07. The minimum atomic E-state index is -1.07. The number of benzene rings is 2. The Morgan fingerprint density at radius 2 is 1.89 bits per heavy atom. The number of halogens is 1. The molecule has 1 amide bonds. The summed E-state index contributed by atoms with van der Waals surface area (Å²) in [5.74, 6) is 0.0754.